The fraction of sp³-hybridized carbons (Fsp3) is 0.800. The fourth-order valence-corrected chi connectivity index (χ4v) is 1.03. The molecule has 153 valence electrons. The summed E-state index contributed by atoms with van der Waals surface area (Å²) in [4.78, 5) is 0. The molecule has 0 rings (SSSR count). The van der Waals surface area contributed by atoms with Crippen LogP contribution in [0, 0.1) is 0 Å². The Morgan fingerprint density at radius 1 is 0.360 bits per heavy atom. The first kappa shape index (κ1) is 29.0. The number of rotatable bonds is 4. The van der Waals surface area contributed by atoms with Crippen molar-refractivity contribution in [1.82, 2.24) is 0 Å². The standard InChI is InChI=1S/2C10H20N2.Co/c2*1-9(2,3)11-7-8-12-10(4,5)6;/h2*7-8H,1-6H3;/q2*-2;/b2*8-7-;. The normalized spacial score (nSPS) is 13.0. The third kappa shape index (κ3) is 35.2. The van der Waals surface area contributed by atoms with Gasteiger partial charge in [0.25, 0.3) is 0 Å². The molecule has 0 N–H and O–H groups in total. The molecule has 0 aliphatic heterocycles. The molecule has 25 heavy (non-hydrogen) atoms. The quantitative estimate of drug-likeness (QED) is 0.470. The topological polar surface area (TPSA) is 56.4 Å². The zero-order chi connectivity index (χ0) is 19.7. The fourth-order valence-electron chi connectivity index (χ4n) is 1.03. The van der Waals surface area contributed by atoms with E-state index in [9.17, 15) is 0 Å². The van der Waals surface area contributed by atoms with Gasteiger partial charge in [0, 0.05) is 16.8 Å². The zero-order valence-electron chi connectivity index (χ0n) is 18.4. The maximum atomic E-state index is 4.29. The van der Waals surface area contributed by atoms with Crippen molar-refractivity contribution in [1.29, 1.82) is 0 Å². The van der Waals surface area contributed by atoms with Crippen molar-refractivity contribution in [3.05, 3.63) is 46.1 Å². The van der Waals surface area contributed by atoms with E-state index in [1.165, 1.54) is 0 Å². The van der Waals surface area contributed by atoms with Crippen molar-refractivity contribution in [3.63, 3.8) is 0 Å². The maximum absolute atomic E-state index is 4.29. The Kier molecular flexibility index (Phi) is 13.6. The SMILES string of the molecule is CC(C)(C)[N-]/C=C\[N-]C(C)(C)C.CC(C)(C)[N-]/C=C\[N-]C(C)(C)C.[Co]. The Labute approximate surface area is 168 Å². The summed E-state index contributed by atoms with van der Waals surface area (Å²) in [7, 11) is 0. The largest absolute Gasteiger partial charge is 0.687 e. The Hall–Kier alpha value is -0.814. The predicted octanol–water partition coefficient (Wildman–Crippen LogP) is 7.60. The summed E-state index contributed by atoms with van der Waals surface area (Å²) in [5, 5.41) is 17.1. The second-order valence-corrected chi connectivity index (χ2v) is 9.80. The molecule has 0 fully saturated rings. The van der Waals surface area contributed by atoms with Crippen molar-refractivity contribution >= 4 is 0 Å². The molecule has 0 unspecified atom stereocenters. The van der Waals surface area contributed by atoms with Gasteiger partial charge >= 0.3 is 0 Å². The van der Waals surface area contributed by atoms with Gasteiger partial charge in [-0.1, -0.05) is 83.1 Å². The molecule has 0 spiro atoms. The first-order valence-corrected chi connectivity index (χ1v) is 8.59. The first-order valence-electron chi connectivity index (χ1n) is 8.59. The molecule has 5 heteroatoms. The molecule has 0 aliphatic carbocycles. The van der Waals surface area contributed by atoms with Crippen LogP contribution in [0.2, 0.25) is 0 Å². The van der Waals surface area contributed by atoms with Crippen LogP contribution in [-0.2, 0) is 16.8 Å². The van der Waals surface area contributed by atoms with Crippen LogP contribution >= 0.6 is 0 Å². The van der Waals surface area contributed by atoms with Gasteiger partial charge < -0.3 is 21.3 Å². The minimum absolute atomic E-state index is 0. The van der Waals surface area contributed by atoms with E-state index in [1.54, 1.807) is 24.8 Å². The molecule has 0 saturated carbocycles. The Morgan fingerprint density at radius 3 is 0.560 bits per heavy atom. The first-order chi connectivity index (χ1) is 10.4. The van der Waals surface area contributed by atoms with Gasteiger partial charge in [0.1, 0.15) is 0 Å². The molecule has 0 heterocycles. The Balaban J connectivity index is -0.000000372. The van der Waals surface area contributed by atoms with Crippen LogP contribution in [0.15, 0.2) is 24.8 Å². The van der Waals surface area contributed by atoms with Crippen LogP contribution in [-0.4, -0.2) is 22.2 Å². The summed E-state index contributed by atoms with van der Waals surface area (Å²) in [5.74, 6) is 0. The van der Waals surface area contributed by atoms with Crippen molar-refractivity contribution in [3.8, 4) is 0 Å². The Morgan fingerprint density at radius 2 is 0.480 bits per heavy atom. The van der Waals surface area contributed by atoms with Crippen molar-refractivity contribution < 1.29 is 16.8 Å². The van der Waals surface area contributed by atoms with E-state index in [0.29, 0.717) is 0 Å². The molecule has 0 aromatic carbocycles. The third-order valence-corrected chi connectivity index (χ3v) is 1.98. The average molecular weight is 396 g/mol. The molecule has 0 amide bonds. The molecule has 0 aromatic rings. The summed E-state index contributed by atoms with van der Waals surface area (Å²) in [5.41, 5.74) is 0.0155. The van der Waals surface area contributed by atoms with E-state index in [2.05, 4.69) is 104 Å². The van der Waals surface area contributed by atoms with Crippen LogP contribution in [0.25, 0.3) is 21.3 Å². The van der Waals surface area contributed by atoms with E-state index >= 15 is 0 Å². The van der Waals surface area contributed by atoms with Crippen LogP contribution in [0.5, 0.6) is 0 Å². The van der Waals surface area contributed by atoms with Gasteiger partial charge in [0.05, 0.1) is 0 Å². The van der Waals surface area contributed by atoms with E-state index in [1.807, 2.05) is 0 Å². The summed E-state index contributed by atoms with van der Waals surface area (Å²) < 4.78 is 0. The number of hydrogen-bond acceptors (Lipinski definition) is 0. The van der Waals surface area contributed by atoms with E-state index in [4.69, 9.17) is 0 Å². The van der Waals surface area contributed by atoms with E-state index < -0.39 is 0 Å². The van der Waals surface area contributed by atoms with Gasteiger partial charge in [-0.3, -0.25) is 0 Å². The van der Waals surface area contributed by atoms with Gasteiger partial charge in [0.15, 0.2) is 0 Å². The van der Waals surface area contributed by atoms with E-state index in [-0.39, 0.29) is 38.9 Å². The second-order valence-electron chi connectivity index (χ2n) is 9.80. The average Bonchev–Trinajstić information content (AvgIpc) is 2.27. The summed E-state index contributed by atoms with van der Waals surface area (Å²) in [6.07, 6.45) is 7.08. The minimum Gasteiger partial charge on any atom is -0.687 e. The predicted molar refractivity (Wildman–Crippen MR) is 111 cm³/mol. The zero-order valence-corrected chi connectivity index (χ0v) is 19.5. The summed E-state index contributed by atoms with van der Waals surface area (Å²) in [6.45, 7) is 24.8. The molecule has 0 atom stereocenters. The van der Waals surface area contributed by atoms with E-state index in [0.717, 1.165) is 0 Å². The van der Waals surface area contributed by atoms with Crippen molar-refractivity contribution in [2.45, 2.75) is 105 Å². The van der Waals surface area contributed by atoms with Gasteiger partial charge in [-0.15, -0.1) is 22.2 Å². The smallest absolute Gasteiger partial charge is 0 e. The molecular weight excluding hydrogens is 355 g/mol. The third-order valence-electron chi connectivity index (χ3n) is 1.98. The second kappa shape index (κ2) is 11.7. The van der Waals surface area contributed by atoms with Crippen molar-refractivity contribution in [2.24, 2.45) is 0 Å². The van der Waals surface area contributed by atoms with Gasteiger partial charge in [-0.25, -0.2) is 24.8 Å². The van der Waals surface area contributed by atoms with Crippen LogP contribution in [0.1, 0.15) is 83.1 Å². The molecule has 4 nitrogen and oxygen atoms in total. The van der Waals surface area contributed by atoms with Crippen LogP contribution in [0.4, 0.5) is 0 Å². The molecule has 1 radical (unpaired) electrons. The minimum atomic E-state index is 0. The monoisotopic (exact) mass is 395 g/mol. The van der Waals surface area contributed by atoms with Gasteiger partial charge in [0.2, 0.25) is 0 Å². The number of nitrogens with zero attached hydrogens (tertiary/aromatic N) is 4. The summed E-state index contributed by atoms with van der Waals surface area (Å²) >= 11 is 0. The Bertz CT molecular complexity index is 300. The van der Waals surface area contributed by atoms with Crippen LogP contribution < -0.4 is 0 Å². The number of hydrogen-bond donors (Lipinski definition) is 0. The molecule has 0 bridgehead atoms. The molecule has 0 aromatic heterocycles. The van der Waals surface area contributed by atoms with Gasteiger partial charge in [-0.2, -0.15) is 0 Å². The summed E-state index contributed by atoms with van der Waals surface area (Å²) in [6, 6.07) is 0. The molecule has 0 saturated heterocycles. The molecular formula is C20H40CoN4-4. The molecule has 0 aliphatic rings. The maximum Gasteiger partial charge on any atom is 0 e. The van der Waals surface area contributed by atoms with Crippen molar-refractivity contribution in [2.75, 3.05) is 0 Å². The van der Waals surface area contributed by atoms with Gasteiger partial charge in [-0.05, 0) is 0 Å². The van der Waals surface area contributed by atoms with Crippen LogP contribution in [0.3, 0.4) is 0 Å².